The molecule has 7 heteroatoms. The minimum absolute atomic E-state index is 0.0776. The van der Waals surface area contributed by atoms with Crippen LogP contribution in [0, 0.1) is 5.92 Å². The number of rotatable bonds is 7. The van der Waals surface area contributed by atoms with Crippen LogP contribution in [0.5, 0.6) is 0 Å². The van der Waals surface area contributed by atoms with E-state index in [1.807, 2.05) is 44.2 Å². The summed E-state index contributed by atoms with van der Waals surface area (Å²) < 4.78 is 10.5. The summed E-state index contributed by atoms with van der Waals surface area (Å²) in [7, 11) is 0. The van der Waals surface area contributed by atoms with Crippen molar-refractivity contribution in [3.63, 3.8) is 0 Å². The van der Waals surface area contributed by atoms with Crippen molar-refractivity contribution >= 4 is 11.9 Å². The van der Waals surface area contributed by atoms with Gasteiger partial charge < -0.3 is 20.2 Å². The van der Waals surface area contributed by atoms with Crippen LogP contribution >= 0.6 is 0 Å². The molecule has 3 N–H and O–H groups in total. The van der Waals surface area contributed by atoms with Crippen LogP contribution in [-0.2, 0) is 16.1 Å². The molecule has 1 aromatic heterocycles. The average molecular weight is 345 g/mol. The lowest BCUT2D eigenvalue weighted by Gasteiger charge is -2.20. The highest BCUT2D eigenvalue weighted by Crippen LogP contribution is 2.11. The van der Waals surface area contributed by atoms with Crippen LogP contribution in [0.15, 0.2) is 41.0 Å². The van der Waals surface area contributed by atoms with E-state index >= 15 is 0 Å². The third kappa shape index (κ3) is 5.15. The fourth-order valence-electron chi connectivity index (χ4n) is 2.13. The predicted octanol–water partition coefficient (Wildman–Crippen LogP) is 2.19. The largest absolute Gasteiger partial charge is 0.459 e. The number of aromatic nitrogens is 1. The molecule has 0 aliphatic heterocycles. The zero-order chi connectivity index (χ0) is 18.4. The Morgan fingerprint density at radius 2 is 1.92 bits per heavy atom. The molecule has 2 rings (SSSR count). The predicted molar refractivity (Wildman–Crippen MR) is 91.4 cm³/mol. The molecule has 134 valence electrons. The fraction of sp³-hybridized carbons (Fsp3) is 0.389. The van der Waals surface area contributed by atoms with Gasteiger partial charge in [0.05, 0.1) is 6.04 Å². The maximum Gasteiger partial charge on any atom is 0.329 e. The monoisotopic (exact) mass is 345 g/mol. The van der Waals surface area contributed by atoms with Gasteiger partial charge >= 0.3 is 5.97 Å². The summed E-state index contributed by atoms with van der Waals surface area (Å²) in [4.78, 5) is 28.6. The van der Waals surface area contributed by atoms with Gasteiger partial charge in [-0.3, -0.25) is 4.79 Å². The Bertz CT molecular complexity index is 710. The number of hydrogen-bond acceptors (Lipinski definition) is 6. The molecule has 0 aliphatic rings. The first-order chi connectivity index (χ1) is 11.9. The molecule has 7 nitrogen and oxygen atoms in total. The SMILES string of the molecule is CC(N)c1nc(C(=O)NC(C(=O)OCc2ccccc2)C(C)C)co1. The van der Waals surface area contributed by atoms with Gasteiger partial charge in [-0.1, -0.05) is 44.2 Å². The second-order valence-electron chi connectivity index (χ2n) is 6.15. The third-order valence-corrected chi connectivity index (χ3v) is 3.58. The highest BCUT2D eigenvalue weighted by atomic mass is 16.5. The molecule has 0 saturated carbocycles. The van der Waals surface area contributed by atoms with Crippen molar-refractivity contribution in [3.05, 3.63) is 53.7 Å². The molecule has 0 saturated heterocycles. The topological polar surface area (TPSA) is 107 Å². The number of hydrogen-bond donors (Lipinski definition) is 2. The number of benzene rings is 1. The number of esters is 1. The Balaban J connectivity index is 1.99. The van der Waals surface area contributed by atoms with Gasteiger partial charge in [0.25, 0.3) is 5.91 Å². The number of nitrogens with one attached hydrogen (secondary N) is 1. The number of carbonyl (C=O) groups is 2. The van der Waals surface area contributed by atoms with Gasteiger partial charge in [0.15, 0.2) is 5.69 Å². The summed E-state index contributed by atoms with van der Waals surface area (Å²) in [5.74, 6) is -0.890. The summed E-state index contributed by atoms with van der Waals surface area (Å²) in [6.45, 7) is 5.50. The Morgan fingerprint density at radius 1 is 1.24 bits per heavy atom. The maximum atomic E-state index is 12.3. The molecule has 2 aromatic rings. The molecule has 2 atom stereocenters. The zero-order valence-electron chi connectivity index (χ0n) is 14.6. The molecule has 0 radical (unpaired) electrons. The molecule has 25 heavy (non-hydrogen) atoms. The van der Waals surface area contributed by atoms with Crippen molar-refractivity contribution in [1.29, 1.82) is 0 Å². The summed E-state index contributed by atoms with van der Waals surface area (Å²) in [6.07, 6.45) is 1.22. The number of nitrogens with two attached hydrogens (primary N) is 1. The molecule has 2 unspecified atom stereocenters. The minimum atomic E-state index is -0.785. The highest BCUT2D eigenvalue weighted by molar-refractivity contribution is 5.95. The second-order valence-corrected chi connectivity index (χ2v) is 6.15. The Morgan fingerprint density at radius 3 is 2.48 bits per heavy atom. The van der Waals surface area contributed by atoms with Gasteiger partial charge in [-0.05, 0) is 18.4 Å². The van der Waals surface area contributed by atoms with Crippen LogP contribution in [-0.4, -0.2) is 22.9 Å². The lowest BCUT2D eigenvalue weighted by molar-refractivity contribution is -0.148. The van der Waals surface area contributed by atoms with E-state index < -0.39 is 24.0 Å². The normalized spacial score (nSPS) is 13.3. The van der Waals surface area contributed by atoms with Crippen LogP contribution in [0.3, 0.4) is 0 Å². The number of oxazole rings is 1. The first-order valence-electron chi connectivity index (χ1n) is 8.11. The average Bonchev–Trinajstić information content (AvgIpc) is 3.08. The van der Waals surface area contributed by atoms with Gasteiger partial charge in [-0.25, -0.2) is 9.78 Å². The van der Waals surface area contributed by atoms with Gasteiger partial charge in [-0.2, -0.15) is 0 Å². The maximum absolute atomic E-state index is 12.3. The molecule has 1 amide bonds. The van der Waals surface area contributed by atoms with E-state index in [0.717, 1.165) is 5.56 Å². The van der Waals surface area contributed by atoms with Crippen molar-refractivity contribution in [3.8, 4) is 0 Å². The number of amides is 1. The molecule has 1 heterocycles. The van der Waals surface area contributed by atoms with Crippen molar-refractivity contribution in [1.82, 2.24) is 10.3 Å². The molecular formula is C18H23N3O4. The molecular weight excluding hydrogens is 322 g/mol. The van der Waals surface area contributed by atoms with Gasteiger partial charge in [0, 0.05) is 0 Å². The molecule has 0 bridgehead atoms. The fourth-order valence-corrected chi connectivity index (χ4v) is 2.13. The summed E-state index contributed by atoms with van der Waals surface area (Å²) >= 11 is 0. The van der Waals surface area contributed by atoms with Crippen LogP contribution in [0.1, 0.15) is 48.8 Å². The van der Waals surface area contributed by atoms with E-state index in [1.165, 1.54) is 6.26 Å². The lowest BCUT2D eigenvalue weighted by Crippen LogP contribution is -2.45. The van der Waals surface area contributed by atoms with E-state index in [1.54, 1.807) is 6.92 Å². The van der Waals surface area contributed by atoms with Crippen molar-refractivity contribution in [2.24, 2.45) is 11.7 Å². The Labute approximate surface area is 146 Å². The van der Waals surface area contributed by atoms with Gasteiger partial charge in [0.2, 0.25) is 5.89 Å². The smallest absolute Gasteiger partial charge is 0.329 e. The standard InChI is InChI=1S/C18H23N3O4/c1-11(2)15(18(23)25-9-13-7-5-4-6-8-13)21-16(22)14-10-24-17(20-14)12(3)19/h4-8,10-12,15H,9,19H2,1-3H3,(H,21,22). The lowest BCUT2D eigenvalue weighted by atomic mass is 10.0. The minimum Gasteiger partial charge on any atom is -0.459 e. The number of nitrogens with zero attached hydrogens (tertiary/aromatic N) is 1. The van der Waals surface area contributed by atoms with Crippen LogP contribution in [0.4, 0.5) is 0 Å². The summed E-state index contributed by atoms with van der Waals surface area (Å²) in [5.41, 5.74) is 6.61. The Hall–Kier alpha value is -2.67. The Kier molecular flexibility index (Phi) is 6.30. The molecule has 0 aliphatic carbocycles. The summed E-state index contributed by atoms with van der Waals surface area (Å²) in [5, 5.41) is 2.64. The third-order valence-electron chi connectivity index (χ3n) is 3.58. The first kappa shape index (κ1) is 18.7. The highest BCUT2D eigenvalue weighted by Gasteiger charge is 2.27. The first-order valence-corrected chi connectivity index (χ1v) is 8.11. The number of carbonyl (C=O) groups excluding carboxylic acids is 2. The zero-order valence-corrected chi connectivity index (χ0v) is 14.6. The van der Waals surface area contributed by atoms with E-state index in [2.05, 4.69) is 10.3 Å². The summed E-state index contributed by atoms with van der Waals surface area (Å²) in [6, 6.07) is 8.14. The van der Waals surface area contributed by atoms with E-state index in [0.29, 0.717) is 0 Å². The van der Waals surface area contributed by atoms with E-state index in [9.17, 15) is 9.59 Å². The molecule has 1 aromatic carbocycles. The van der Waals surface area contributed by atoms with Crippen molar-refractivity contribution in [2.75, 3.05) is 0 Å². The molecule has 0 spiro atoms. The van der Waals surface area contributed by atoms with Gasteiger partial charge in [0.1, 0.15) is 18.9 Å². The van der Waals surface area contributed by atoms with Crippen molar-refractivity contribution < 1.29 is 18.7 Å². The van der Waals surface area contributed by atoms with Crippen molar-refractivity contribution in [2.45, 2.75) is 39.5 Å². The second kappa shape index (κ2) is 8.43. The quantitative estimate of drug-likeness (QED) is 0.745. The molecule has 0 fully saturated rings. The van der Waals surface area contributed by atoms with Crippen LogP contribution < -0.4 is 11.1 Å². The van der Waals surface area contributed by atoms with E-state index in [-0.39, 0.29) is 24.1 Å². The van der Waals surface area contributed by atoms with Crippen LogP contribution in [0.2, 0.25) is 0 Å². The number of ether oxygens (including phenoxy) is 1. The van der Waals surface area contributed by atoms with E-state index in [4.69, 9.17) is 14.9 Å². The van der Waals surface area contributed by atoms with Gasteiger partial charge in [-0.15, -0.1) is 0 Å². The van der Waals surface area contributed by atoms with Crippen LogP contribution in [0.25, 0.3) is 0 Å².